The predicted molar refractivity (Wildman–Crippen MR) is 127 cm³/mol. The van der Waals surface area contributed by atoms with Crippen LogP contribution < -0.4 is 9.64 Å². The van der Waals surface area contributed by atoms with Crippen molar-refractivity contribution in [1.29, 1.82) is 0 Å². The monoisotopic (exact) mass is 418 g/mol. The maximum Gasteiger partial charge on any atom is 0.258 e. The normalized spacial score (nSPS) is 18.1. The summed E-state index contributed by atoms with van der Waals surface area (Å²) in [6.45, 7) is 14.1. The van der Waals surface area contributed by atoms with Crippen molar-refractivity contribution in [3.8, 4) is 5.75 Å². The molecule has 2 aromatic carbocycles. The average Bonchev–Trinajstić information content (AvgIpc) is 3.08. The number of amides is 1. The van der Waals surface area contributed by atoms with Crippen LogP contribution in [-0.2, 0) is 10.8 Å². The van der Waals surface area contributed by atoms with E-state index in [0.717, 1.165) is 56.0 Å². The molecule has 0 N–H and O–H groups in total. The molecule has 0 aliphatic carbocycles. The van der Waals surface area contributed by atoms with Crippen LogP contribution in [-0.4, -0.2) is 44.1 Å². The van der Waals surface area contributed by atoms with Crippen LogP contribution in [0.1, 0.15) is 55.1 Å². The first-order chi connectivity index (χ1) is 14.8. The molecular weight excluding hydrogens is 384 g/mol. The van der Waals surface area contributed by atoms with E-state index in [2.05, 4.69) is 56.5 Å². The molecule has 164 valence electrons. The Bertz CT molecular complexity index is 964. The fourth-order valence-electron chi connectivity index (χ4n) is 5.00. The van der Waals surface area contributed by atoms with Gasteiger partial charge in [0.15, 0.2) is 0 Å². The van der Waals surface area contributed by atoms with Crippen LogP contribution in [0.25, 0.3) is 0 Å². The first kappa shape index (κ1) is 21.6. The number of piperidine rings is 1. The van der Waals surface area contributed by atoms with E-state index in [1.165, 1.54) is 11.1 Å². The summed E-state index contributed by atoms with van der Waals surface area (Å²) in [6.07, 6.45) is 4.04. The van der Waals surface area contributed by atoms with E-state index < -0.39 is 0 Å². The summed E-state index contributed by atoms with van der Waals surface area (Å²) in [7, 11) is 1.70. The number of hydrogen-bond donors (Lipinski definition) is 0. The molecule has 1 saturated heterocycles. The van der Waals surface area contributed by atoms with Crippen molar-refractivity contribution >= 4 is 11.6 Å². The number of methoxy groups -OCH3 is 1. The molecule has 2 heterocycles. The van der Waals surface area contributed by atoms with Crippen molar-refractivity contribution in [2.24, 2.45) is 0 Å². The molecule has 2 aliphatic heterocycles. The second kappa shape index (κ2) is 8.16. The van der Waals surface area contributed by atoms with Crippen molar-refractivity contribution in [1.82, 2.24) is 4.90 Å². The molecular formula is C27H34N2O2. The second-order valence-corrected chi connectivity index (χ2v) is 9.97. The van der Waals surface area contributed by atoms with Crippen LogP contribution in [0, 0.1) is 0 Å². The zero-order chi connectivity index (χ0) is 22.2. The third-order valence-corrected chi connectivity index (χ3v) is 6.97. The Kier molecular flexibility index (Phi) is 5.69. The number of likely N-dealkylation sites (tertiary alicyclic amines) is 1. The molecule has 0 bridgehead atoms. The van der Waals surface area contributed by atoms with Gasteiger partial charge in [-0.25, -0.2) is 0 Å². The number of ether oxygens (including phenoxy) is 1. The van der Waals surface area contributed by atoms with Gasteiger partial charge in [0, 0.05) is 29.8 Å². The highest BCUT2D eigenvalue weighted by molar-refractivity contribution is 6.07. The zero-order valence-corrected chi connectivity index (χ0v) is 19.3. The zero-order valence-electron chi connectivity index (χ0n) is 19.3. The summed E-state index contributed by atoms with van der Waals surface area (Å²) in [4.78, 5) is 18.0. The Balaban J connectivity index is 1.65. The fraction of sp³-hybridized carbons (Fsp3) is 0.444. The molecule has 0 aromatic heterocycles. The quantitative estimate of drug-likeness (QED) is 0.642. The van der Waals surface area contributed by atoms with Gasteiger partial charge >= 0.3 is 0 Å². The summed E-state index contributed by atoms with van der Waals surface area (Å²) in [5, 5.41) is 0. The molecule has 31 heavy (non-hydrogen) atoms. The van der Waals surface area contributed by atoms with E-state index >= 15 is 0 Å². The minimum Gasteiger partial charge on any atom is -0.497 e. The van der Waals surface area contributed by atoms with Crippen molar-refractivity contribution in [3.63, 3.8) is 0 Å². The van der Waals surface area contributed by atoms with Gasteiger partial charge < -0.3 is 9.64 Å². The summed E-state index contributed by atoms with van der Waals surface area (Å²) in [5.41, 5.74) is 4.33. The van der Waals surface area contributed by atoms with Crippen molar-refractivity contribution < 1.29 is 9.53 Å². The van der Waals surface area contributed by atoms with Crippen molar-refractivity contribution in [2.45, 2.75) is 44.4 Å². The van der Waals surface area contributed by atoms with E-state index in [4.69, 9.17) is 4.74 Å². The van der Waals surface area contributed by atoms with E-state index in [1.54, 1.807) is 7.11 Å². The number of carbonyl (C=O) groups excluding carboxylic acids is 1. The van der Waals surface area contributed by atoms with Gasteiger partial charge in [-0.05, 0) is 72.8 Å². The van der Waals surface area contributed by atoms with Crippen LogP contribution in [0.3, 0.4) is 0 Å². The Labute approximate surface area is 186 Å². The molecule has 4 nitrogen and oxygen atoms in total. The lowest BCUT2D eigenvalue weighted by atomic mass is 9.74. The summed E-state index contributed by atoms with van der Waals surface area (Å²) in [6, 6.07) is 14.3. The molecule has 0 saturated carbocycles. The van der Waals surface area contributed by atoms with Gasteiger partial charge in [-0.2, -0.15) is 0 Å². The number of benzene rings is 2. The number of carbonyl (C=O) groups is 1. The summed E-state index contributed by atoms with van der Waals surface area (Å²) < 4.78 is 5.53. The van der Waals surface area contributed by atoms with Gasteiger partial charge in [-0.15, -0.1) is 6.58 Å². The molecule has 1 fully saturated rings. The molecule has 4 heteroatoms. The second-order valence-electron chi connectivity index (χ2n) is 9.97. The van der Waals surface area contributed by atoms with Crippen LogP contribution in [0.5, 0.6) is 5.75 Å². The van der Waals surface area contributed by atoms with E-state index in [1.807, 2.05) is 29.2 Å². The Morgan fingerprint density at radius 2 is 1.81 bits per heavy atom. The Hall–Kier alpha value is -2.59. The highest BCUT2D eigenvalue weighted by atomic mass is 16.5. The van der Waals surface area contributed by atoms with Gasteiger partial charge in [0.1, 0.15) is 5.75 Å². The van der Waals surface area contributed by atoms with Crippen LogP contribution in [0.15, 0.2) is 55.1 Å². The highest BCUT2D eigenvalue weighted by Gasteiger charge is 2.46. The largest absolute Gasteiger partial charge is 0.497 e. The van der Waals surface area contributed by atoms with Gasteiger partial charge in [0.2, 0.25) is 0 Å². The number of rotatable bonds is 4. The molecule has 2 aromatic rings. The highest BCUT2D eigenvalue weighted by Crippen LogP contribution is 2.48. The van der Waals surface area contributed by atoms with Crippen LogP contribution in [0.4, 0.5) is 5.69 Å². The van der Waals surface area contributed by atoms with Gasteiger partial charge in [0.05, 0.1) is 7.11 Å². The first-order valence-corrected chi connectivity index (χ1v) is 11.2. The molecule has 0 radical (unpaired) electrons. The third-order valence-electron chi connectivity index (χ3n) is 6.97. The molecule has 0 atom stereocenters. The standard InChI is InChI=1S/C27H34N2O2/c1-6-15-28-16-13-27(14-17-28)19-29(24-12-11-22(31-5)18-23(24)27)25(30)20-7-9-21(10-8-20)26(2,3)4/h6-12,18H,1,13-17,19H2,2-5H3. The number of fused-ring (bicyclic) bond motifs is 2. The summed E-state index contributed by atoms with van der Waals surface area (Å²) in [5.74, 6) is 0.938. The predicted octanol–water partition coefficient (Wildman–Crippen LogP) is 5.17. The van der Waals surface area contributed by atoms with E-state index in [0.29, 0.717) is 0 Å². The molecule has 1 amide bonds. The maximum absolute atomic E-state index is 13.6. The lowest BCUT2D eigenvalue weighted by Gasteiger charge is -2.39. The smallest absolute Gasteiger partial charge is 0.258 e. The lowest BCUT2D eigenvalue weighted by Crippen LogP contribution is -2.46. The number of hydrogen-bond acceptors (Lipinski definition) is 3. The lowest BCUT2D eigenvalue weighted by molar-refractivity contribution is 0.0977. The molecule has 1 spiro atoms. The Morgan fingerprint density at radius 3 is 2.39 bits per heavy atom. The van der Waals surface area contributed by atoms with Crippen molar-refractivity contribution in [3.05, 3.63) is 71.8 Å². The molecule has 0 unspecified atom stereocenters. The molecule has 2 aliphatic rings. The number of anilines is 1. The van der Waals surface area contributed by atoms with E-state index in [9.17, 15) is 4.79 Å². The maximum atomic E-state index is 13.6. The van der Waals surface area contributed by atoms with Gasteiger partial charge in [-0.3, -0.25) is 9.69 Å². The first-order valence-electron chi connectivity index (χ1n) is 11.2. The minimum absolute atomic E-state index is 0.0114. The fourth-order valence-corrected chi connectivity index (χ4v) is 5.00. The van der Waals surface area contributed by atoms with Crippen LogP contribution in [0.2, 0.25) is 0 Å². The third kappa shape index (κ3) is 4.01. The average molecular weight is 419 g/mol. The SMILES string of the molecule is C=CCN1CCC2(CC1)CN(C(=O)c1ccc(C(C)(C)C)cc1)c1ccc(OC)cc12. The summed E-state index contributed by atoms with van der Waals surface area (Å²) >= 11 is 0. The number of nitrogens with zero attached hydrogens (tertiary/aromatic N) is 2. The topological polar surface area (TPSA) is 32.8 Å². The van der Waals surface area contributed by atoms with Crippen molar-refractivity contribution in [2.75, 3.05) is 38.2 Å². The minimum atomic E-state index is -0.0114. The molecule has 4 rings (SSSR count). The van der Waals surface area contributed by atoms with Crippen LogP contribution >= 0.6 is 0 Å². The Morgan fingerprint density at radius 1 is 1.13 bits per heavy atom. The van der Waals surface area contributed by atoms with Gasteiger partial charge in [0.25, 0.3) is 5.91 Å². The van der Waals surface area contributed by atoms with Gasteiger partial charge in [-0.1, -0.05) is 39.0 Å². The van der Waals surface area contributed by atoms with E-state index in [-0.39, 0.29) is 16.7 Å².